The van der Waals surface area contributed by atoms with Gasteiger partial charge in [0.2, 0.25) is 0 Å². The molecule has 1 aliphatic rings. The lowest BCUT2D eigenvalue weighted by Gasteiger charge is -2.31. The van der Waals surface area contributed by atoms with Gasteiger partial charge in [-0.25, -0.2) is 4.79 Å². The first-order valence-corrected chi connectivity index (χ1v) is 11.0. The topological polar surface area (TPSA) is 81.2 Å². The predicted octanol–water partition coefficient (Wildman–Crippen LogP) is 3.92. The average Bonchev–Trinajstić information content (AvgIpc) is 3.23. The van der Waals surface area contributed by atoms with Crippen molar-refractivity contribution in [2.24, 2.45) is 14.1 Å². The highest BCUT2D eigenvalue weighted by Crippen LogP contribution is 2.46. The molecule has 1 atom stereocenters. The first-order chi connectivity index (χ1) is 16.5. The minimum absolute atomic E-state index is 0.135. The van der Waals surface area contributed by atoms with Gasteiger partial charge in [-0.3, -0.25) is 13.9 Å². The SMILES string of the molecule is Cn1c(=O)c2c(-c3ccccc3)n3c(c2n(C)c1=O)[C@H](c1ccccc1O)Nc1ccccc1-3. The molecule has 3 aromatic carbocycles. The Morgan fingerprint density at radius 2 is 1.50 bits per heavy atom. The fraction of sp³-hybridized carbons (Fsp3) is 0.111. The summed E-state index contributed by atoms with van der Waals surface area (Å²) in [5, 5.41) is 14.8. The van der Waals surface area contributed by atoms with Crippen LogP contribution in [-0.4, -0.2) is 18.8 Å². The minimum atomic E-state index is -0.492. The van der Waals surface area contributed by atoms with Crippen molar-refractivity contribution in [3.8, 4) is 22.7 Å². The lowest BCUT2D eigenvalue weighted by Crippen LogP contribution is -2.37. The van der Waals surface area contributed by atoms with E-state index in [2.05, 4.69) is 9.88 Å². The minimum Gasteiger partial charge on any atom is -0.508 e. The van der Waals surface area contributed by atoms with Crippen LogP contribution in [0.25, 0.3) is 27.8 Å². The smallest absolute Gasteiger partial charge is 0.331 e. The Morgan fingerprint density at radius 3 is 2.26 bits per heavy atom. The third-order valence-corrected chi connectivity index (χ3v) is 6.62. The van der Waals surface area contributed by atoms with Gasteiger partial charge in [0.15, 0.2) is 0 Å². The number of phenolic OH excluding ortho intramolecular Hbond substituents is 1. The number of aromatic nitrogens is 3. The maximum atomic E-state index is 13.6. The fourth-order valence-corrected chi connectivity index (χ4v) is 5.05. The van der Waals surface area contributed by atoms with Crippen LogP contribution in [0.3, 0.4) is 0 Å². The van der Waals surface area contributed by atoms with Crippen LogP contribution in [0.5, 0.6) is 5.75 Å². The summed E-state index contributed by atoms with van der Waals surface area (Å²) in [6, 6.07) is 24.2. The van der Waals surface area contributed by atoms with Crippen LogP contribution in [0.2, 0.25) is 0 Å². The normalized spacial score (nSPS) is 14.5. The number of benzene rings is 3. The van der Waals surface area contributed by atoms with E-state index < -0.39 is 11.7 Å². The zero-order chi connectivity index (χ0) is 23.6. The van der Waals surface area contributed by atoms with E-state index >= 15 is 0 Å². The molecule has 5 aromatic rings. The molecule has 0 aliphatic carbocycles. The van der Waals surface area contributed by atoms with E-state index in [4.69, 9.17) is 0 Å². The van der Waals surface area contributed by atoms with Crippen LogP contribution < -0.4 is 16.6 Å². The number of rotatable bonds is 2. The molecule has 0 fully saturated rings. The van der Waals surface area contributed by atoms with Crippen molar-refractivity contribution in [3.63, 3.8) is 0 Å². The van der Waals surface area contributed by atoms with Gasteiger partial charge in [-0.2, -0.15) is 0 Å². The van der Waals surface area contributed by atoms with E-state index in [9.17, 15) is 14.7 Å². The Hall–Kier alpha value is -4.52. The van der Waals surface area contributed by atoms with Gasteiger partial charge in [-0.05, 0) is 23.8 Å². The molecule has 2 aromatic heterocycles. The summed E-state index contributed by atoms with van der Waals surface area (Å²) >= 11 is 0. The van der Waals surface area contributed by atoms with E-state index in [-0.39, 0.29) is 11.3 Å². The lowest BCUT2D eigenvalue weighted by atomic mass is 9.98. The summed E-state index contributed by atoms with van der Waals surface area (Å²) in [7, 11) is 3.18. The quantitative estimate of drug-likeness (QED) is 0.427. The molecule has 0 amide bonds. The van der Waals surface area contributed by atoms with Gasteiger partial charge in [0.05, 0.1) is 39.7 Å². The van der Waals surface area contributed by atoms with E-state index in [0.29, 0.717) is 16.5 Å². The highest BCUT2D eigenvalue weighted by Gasteiger charge is 2.35. The number of para-hydroxylation sites is 3. The average molecular weight is 450 g/mol. The van der Waals surface area contributed by atoms with Crippen LogP contribution in [0.1, 0.15) is 17.3 Å². The van der Waals surface area contributed by atoms with E-state index in [1.165, 1.54) is 11.6 Å². The fourth-order valence-electron chi connectivity index (χ4n) is 5.05. The van der Waals surface area contributed by atoms with Crippen molar-refractivity contribution >= 4 is 16.6 Å². The number of fused-ring (bicyclic) bond motifs is 5. The van der Waals surface area contributed by atoms with Crippen LogP contribution in [0.4, 0.5) is 5.69 Å². The number of phenols is 1. The molecule has 0 unspecified atom stereocenters. The van der Waals surface area contributed by atoms with Crippen molar-refractivity contribution in [2.45, 2.75) is 6.04 Å². The van der Waals surface area contributed by atoms with Crippen molar-refractivity contribution in [3.05, 3.63) is 111 Å². The number of anilines is 1. The highest BCUT2D eigenvalue weighted by atomic mass is 16.3. The van der Waals surface area contributed by atoms with Gasteiger partial charge in [-0.15, -0.1) is 0 Å². The first kappa shape index (κ1) is 20.1. The van der Waals surface area contributed by atoms with Gasteiger partial charge < -0.3 is 15.0 Å². The Labute approximate surface area is 194 Å². The third kappa shape index (κ3) is 2.64. The summed E-state index contributed by atoms with van der Waals surface area (Å²) in [6.45, 7) is 0. The highest BCUT2D eigenvalue weighted by molar-refractivity contribution is 5.99. The second-order valence-corrected chi connectivity index (χ2v) is 8.52. The number of nitrogens with one attached hydrogen (secondary N) is 1. The predicted molar refractivity (Wildman–Crippen MR) is 133 cm³/mol. The van der Waals surface area contributed by atoms with E-state index in [1.807, 2.05) is 66.7 Å². The maximum absolute atomic E-state index is 13.6. The Morgan fingerprint density at radius 1 is 0.824 bits per heavy atom. The summed E-state index contributed by atoms with van der Waals surface area (Å²) in [4.78, 5) is 26.6. The Kier molecular flexibility index (Phi) is 4.29. The molecule has 0 bridgehead atoms. The Balaban J connectivity index is 1.89. The van der Waals surface area contributed by atoms with Crippen molar-refractivity contribution in [1.82, 2.24) is 13.7 Å². The zero-order valence-electron chi connectivity index (χ0n) is 18.7. The number of hydrogen-bond donors (Lipinski definition) is 2. The Bertz CT molecular complexity index is 1710. The molecule has 0 saturated heterocycles. The molecule has 6 rings (SSSR count). The molecular formula is C27H22N4O3. The monoisotopic (exact) mass is 450 g/mol. The largest absolute Gasteiger partial charge is 0.508 e. The molecular weight excluding hydrogens is 428 g/mol. The number of aryl methyl sites for hydroxylation is 1. The molecule has 7 nitrogen and oxygen atoms in total. The number of hydrogen-bond acceptors (Lipinski definition) is 4. The second kappa shape index (κ2) is 7.25. The molecule has 0 radical (unpaired) electrons. The molecule has 7 heteroatoms. The first-order valence-electron chi connectivity index (χ1n) is 11.0. The van der Waals surface area contributed by atoms with Crippen LogP contribution in [0.15, 0.2) is 88.5 Å². The number of nitrogens with zero attached hydrogens (tertiary/aromatic N) is 3. The van der Waals surface area contributed by atoms with Crippen LogP contribution in [-0.2, 0) is 14.1 Å². The summed E-state index contributed by atoms with van der Waals surface area (Å²) < 4.78 is 4.73. The van der Waals surface area contributed by atoms with Crippen molar-refractivity contribution < 1.29 is 5.11 Å². The van der Waals surface area contributed by atoms with Gasteiger partial charge in [0.25, 0.3) is 5.56 Å². The van der Waals surface area contributed by atoms with Gasteiger partial charge in [0, 0.05) is 19.7 Å². The molecule has 0 spiro atoms. The van der Waals surface area contributed by atoms with Gasteiger partial charge in [0.1, 0.15) is 5.75 Å². The third-order valence-electron chi connectivity index (χ3n) is 6.62. The molecule has 34 heavy (non-hydrogen) atoms. The summed E-state index contributed by atoms with van der Waals surface area (Å²) in [6.07, 6.45) is 0. The van der Waals surface area contributed by atoms with Crippen molar-refractivity contribution in [1.29, 1.82) is 0 Å². The molecule has 0 saturated carbocycles. The summed E-state index contributed by atoms with van der Waals surface area (Å²) in [5.74, 6) is 0.135. The van der Waals surface area contributed by atoms with Gasteiger partial charge >= 0.3 is 5.69 Å². The second-order valence-electron chi connectivity index (χ2n) is 8.52. The lowest BCUT2D eigenvalue weighted by molar-refractivity contribution is 0.465. The number of aromatic hydroxyl groups is 1. The molecule has 3 heterocycles. The molecule has 1 aliphatic heterocycles. The van der Waals surface area contributed by atoms with E-state index in [0.717, 1.165) is 32.9 Å². The van der Waals surface area contributed by atoms with Crippen LogP contribution >= 0.6 is 0 Å². The molecule has 2 N–H and O–H groups in total. The van der Waals surface area contributed by atoms with Crippen LogP contribution in [0, 0.1) is 0 Å². The van der Waals surface area contributed by atoms with E-state index in [1.54, 1.807) is 19.2 Å². The standard InChI is InChI=1S/C27H22N4O3/c1-29-24-21(26(33)30(2)27(29)34)23(16-10-4-3-5-11-16)31-19-14-8-7-13-18(19)28-22(25(24)31)17-12-6-9-15-20(17)32/h3-15,22,28,32H,1-2H3/t22-/m0/s1. The van der Waals surface area contributed by atoms with Crippen molar-refractivity contribution in [2.75, 3.05) is 5.32 Å². The zero-order valence-corrected chi connectivity index (χ0v) is 18.7. The molecule has 168 valence electrons. The maximum Gasteiger partial charge on any atom is 0.331 e. The summed E-state index contributed by atoms with van der Waals surface area (Å²) in [5.41, 5.74) is 4.49. The van der Waals surface area contributed by atoms with Gasteiger partial charge in [-0.1, -0.05) is 60.7 Å².